The molecule has 3 aromatic rings. The second kappa shape index (κ2) is 14.3. The summed E-state index contributed by atoms with van der Waals surface area (Å²) < 4.78 is 42.0. The number of alkyl halides is 3. The van der Waals surface area contributed by atoms with Gasteiger partial charge in [0.15, 0.2) is 0 Å². The number of fused-ring (bicyclic) bond motifs is 4. The van der Waals surface area contributed by atoms with Crippen LogP contribution < -0.4 is 10.2 Å². The van der Waals surface area contributed by atoms with Crippen LogP contribution in [0.2, 0.25) is 0 Å². The molecule has 6 nitrogen and oxygen atoms in total. The lowest BCUT2D eigenvalue weighted by Crippen LogP contribution is -2.52. The molecule has 1 unspecified atom stereocenters. The van der Waals surface area contributed by atoms with Gasteiger partial charge in [-0.2, -0.15) is 13.2 Å². The Kier molecular flexibility index (Phi) is 9.79. The van der Waals surface area contributed by atoms with Crippen molar-refractivity contribution in [2.45, 2.75) is 88.0 Å². The van der Waals surface area contributed by atoms with Crippen molar-refractivity contribution in [2.75, 3.05) is 37.6 Å². The van der Waals surface area contributed by atoms with E-state index >= 15 is 0 Å². The molecule has 2 aliphatic carbocycles. The van der Waals surface area contributed by atoms with Crippen molar-refractivity contribution in [3.05, 3.63) is 102 Å². The van der Waals surface area contributed by atoms with E-state index in [4.69, 9.17) is 0 Å². The standard InChI is InChI=1S/C41H47F3N4O2/c1-2-12-37(41(42,43)44)45-39(50)40(35-17-8-6-15-32(35)33-16-7-9-18-36(33)40)21-10-11-22-46-23-25-47(26-24-46)31-20-19-29-28-48(38(49)34(29)27-31)30-13-4-3-5-14-30/h2,6-9,15-20,27,30,37H,1,3-5,10-14,21-26,28H2,(H,45,50). The summed E-state index contributed by atoms with van der Waals surface area (Å²) in [4.78, 5) is 34.4. The molecule has 1 saturated heterocycles. The van der Waals surface area contributed by atoms with Crippen LogP contribution in [0.4, 0.5) is 18.9 Å². The van der Waals surface area contributed by atoms with Gasteiger partial charge in [-0.1, -0.05) is 86.4 Å². The molecule has 3 aromatic carbocycles. The van der Waals surface area contributed by atoms with Crippen molar-refractivity contribution in [2.24, 2.45) is 0 Å². The van der Waals surface area contributed by atoms with Crippen LogP contribution in [0, 0.1) is 0 Å². The number of hydrogen-bond acceptors (Lipinski definition) is 4. The van der Waals surface area contributed by atoms with Crippen LogP contribution in [-0.4, -0.2) is 72.6 Å². The van der Waals surface area contributed by atoms with E-state index in [0.717, 1.165) is 97.6 Å². The van der Waals surface area contributed by atoms with Gasteiger partial charge in [0.2, 0.25) is 5.91 Å². The lowest BCUT2D eigenvalue weighted by atomic mass is 9.73. The summed E-state index contributed by atoms with van der Waals surface area (Å²) in [6, 6.07) is 20.0. The number of carbonyl (C=O) groups excluding carboxylic acids is 2. The van der Waals surface area contributed by atoms with Gasteiger partial charge in [0.05, 0.1) is 0 Å². The molecular weight excluding hydrogens is 637 g/mol. The lowest BCUT2D eigenvalue weighted by molar-refractivity contribution is -0.162. The number of nitrogens with one attached hydrogen (secondary N) is 1. The van der Waals surface area contributed by atoms with Crippen molar-refractivity contribution in [3.63, 3.8) is 0 Å². The van der Waals surface area contributed by atoms with Crippen LogP contribution in [0.25, 0.3) is 11.1 Å². The highest BCUT2D eigenvalue weighted by Gasteiger charge is 2.51. The van der Waals surface area contributed by atoms with Crippen LogP contribution in [0.15, 0.2) is 79.4 Å². The lowest BCUT2D eigenvalue weighted by Gasteiger charge is -2.36. The Morgan fingerprint density at radius 3 is 2.20 bits per heavy atom. The third-order valence-corrected chi connectivity index (χ3v) is 11.5. The molecule has 2 amide bonds. The van der Waals surface area contributed by atoms with Crippen LogP contribution in [-0.2, 0) is 16.8 Å². The van der Waals surface area contributed by atoms with Crippen LogP contribution in [0.3, 0.4) is 0 Å². The first-order valence-corrected chi connectivity index (χ1v) is 18.3. The first-order chi connectivity index (χ1) is 24.2. The van der Waals surface area contributed by atoms with Gasteiger partial charge in [-0.05, 0) is 78.6 Å². The predicted octanol–water partition coefficient (Wildman–Crippen LogP) is 7.86. The number of halogens is 3. The number of benzene rings is 3. The molecule has 1 atom stereocenters. The highest BCUT2D eigenvalue weighted by molar-refractivity contribution is 6.01. The van der Waals surface area contributed by atoms with Crippen LogP contribution in [0.5, 0.6) is 0 Å². The molecule has 1 saturated carbocycles. The molecule has 7 rings (SSSR count). The highest BCUT2D eigenvalue weighted by Crippen LogP contribution is 2.52. The van der Waals surface area contributed by atoms with Crippen molar-refractivity contribution >= 4 is 17.5 Å². The number of unbranched alkanes of at least 4 members (excludes halogenated alkanes) is 1. The van der Waals surface area contributed by atoms with Gasteiger partial charge in [0.25, 0.3) is 5.91 Å². The summed E-state index contributed by atoms with van der Waals surface area (Å²) in [7, 11) is 0. The van der Waals surface area contributed by atoms with Gasteiger partial charge in [-0.25, -0.2) is 0 Å². The largest absolute Gasteiger partial charge is 0.408 e. The topological polar surface area (TPSA) is 55.9 Å². The van der Waals surface area contributed by atoms with Gasteiger partial charge in [0.1, 0.15) is 11.5 Å². The fourth-order valence-electron chi connectivity index (χ4n) is 8.83. The van der Waals surface area contributed by atoms with E-state index in [1.54, 1.807) is 0 Å². The van der Waals surface area contributed by atoms with Crippen molar-refractivity contribution in [1.82, 2.24) is 15.1 Å². The number of nitrogens with zero attached hydrogens (tertiary/aromatic N) is 3. The maximum atomic E-state index is 14.2. The Morgan fingerprint density at radius 2 is 1.56 bits per heavy atom. The van der Waals surface area contributed by atoms with Crippen LogP contribution >= 0.6 is 0 Å². The molecule has 2 fully saturated rings. The van der Waals surface area contributed by atoms with E-state index in [0.29, 0.717) is 18.9 Å². The zero-order valence-electron chi connectivity index (χ0n) is 28.7. The molecular formula is C41H47F3N4O2. The first-order valence-electron chi connectivity index (χ1n) is 18.3. The fraction of sp³-hybridized carbons (Fsp3) is 0.463. The van der Waals surface area contributed by atoms with E-state index in [1.807, 2.05) is 48.5 Å². The molecule has 1 N–H and O–H groups in total. The monoisotopic (exact) mass is 684 g/mol. The Bertz CT molecular complexity index is 1680. The summed E-state index contributed by atoms with van der Waals surface area (Å²) in [5.41, 5.74) is 5.21. The minimum atomic E-state index is -4.59. The zero-order valence-corrected chi connectivity index (χ0v) is 28.7. The molecule has 4 aliphatic rings. The van der Waals surface area contributed by atoms with Gasteiger partial charge in [0, 0.05) is 50.0 Å². The number of hydrogen-bond donors (Lipinski definition) is 1. The van der Waals surface area contributed by atoms with E-state index in [1.165, 1.54) is 25.3 Å². The zero-order chi connectivity index (χ0) is 34.9. The van der Waals surface area contributed by atoms with E-state index in [2.05, 4.69) is 44.8 Å². The summed E-state index contributed by atoms with van der Waals surface area (Å²) in [6.45, 7) is 8.54. The smallest absolute Gasteiger partial charge is 0.369 e. The normalized spacial score (nSPS) is 19.5. The molecule has 2 heterocycles. The number of carbonyl (C=O) groups is 2. The van der Waals surface area contributed by atoms with Crippen LogP contribution in [0.1, 0.15) is 84.8 Å². The van der Waals surface area contributed by atoms with Gasteiger partial charge in [-0.15, -0.1) is 6.58 Å². The summed E-state index contributed by atoms with van der Waals surface area (Å²) >= 11 is 0. The second-order valence-electron chi connectivity index (χ2n) is 14.4. The molecule has 264 valence electrons. The Morgan fingerprint density at radius 1 is 0.900 bits per heavy atom. The summed E-state index contributed by atoms with van der Waals surface area (Å²) in [6.07, 6.45) is 4.03. The highest BCUT2D eigenvalue weighted by atomic mass is 19.4. The molecule has 9 heteroatoms. The van der Waals surface area contributed by atoms with Gasteiger partial charge in [-0.3, -0.25) is 14.5 Å². The Labute approximate surface area is 293 Å². The van der Waals surface area contributed by atoms with Crippen molar-refractivity contribution in [3.8, 4) is 11.1 Å². The minimum Gasteiger partial charge on any atom is -0.369 e. The molecule has 0 radical (unpaired) electrons. The van der Waals surface area contributed by atoms with E-state index in [-0.39, 0.29) is 12.3 Å². The second-order valence-corrected chi connectivity index (χ2v) is 14.4. The van der Waals surface area contributed by atoms with Gasteiger partial charge < -0.3 is 15.1 Å². The maximum absolute atomic E-state index is 14.2. The average molecular weight is 685 g/mol. The number of amides is 2. The molecule has 0 spiro atoms. The molecule has 0 bridgehead atoms. The predicted molar refractivity (Wildman–Crippen MR) is 191 cm³/mol. The molecule has 50 heavy (non-hydrogen) atoms. The Hall–Kier alpha value is -4.11. The Balaban J connectivity index is 0.993. The number of piperazine rings is 1. The maximum Gasteiger partial charge on any atom is 0.408 e. The quantitative estimate of drug-likeness (QED) is 0.165. The molecule has 2 aliphatic heterocycles. The third kappa shape index (κ3) is 6.45. The fourth-order valence-corrected chi connectivity index (χ4v) is 8.83. The molecule has 0 aromatic heterocycles. The minimum absolute atomic E-state index is 0.181. The van der Waals surface area contributed by atoms with Crippen molar-refractivity contribution in [1.29, 1.82) is 0 Å². The summed E-state index contributed by atoms with van der Waals surface area (Å²) in [5.74, 6) is -0.427. The van der Waals surface area contributed by atoms with E-state index in [9.17, 15) is 22.8 Å². The average Bonchev–Trinajstić information content (AvgIpc) is 3.62. The van der Waals surface area contributed by atoms with E-state index < -0.39 is 23.5 Å². The third-order valence-electron chi connectivity index (χ3n) is 11.5. The summed E-state index contributed by atoms with van der Waals surface area (Å²) in [5, 5.41) is 2.40. The number of anilines is 1. The van der Waals surface area contributed by atoms with Crippen molar-refractivity contribution < 1.29 is 22.8 Å². The first kappa shape index (κ1) is 34.3. The SMILES string of the molecule is C=CCC(NC(=O)C1(CCCCN2CCN(c3ccc4c(c3)C(=O)N(C3CCCCC3)C4)CC2)c2ccccc2-c2ccccc21)C(F)(F)F. The van der Waals surface area contributed by atoms with Gasteiger partial charge >= 0.3 is 6.18 Å². The number of rotatable bonds is 11.